The molecule has 3 aliphatic heterocycles. The number of ether oxygens (including phenoxy) is 1. The van der Waals surface area contributed by atoms with E-state index in [1.54, 1.807) is 0 Å². The van der Waals surface area contributed by atoms with Crippen LogP contribution in [0.5, 0.6) is 0 Å². The molecule has 0 saturated carbocycles. The summed E-state index contributed by atoms with van der Waals surface area (Å²) in [5, 5.41) is 20.6. The molecule has 3 rings (SSSR count). The van der Waals surface area contributed by atoms with Gasteiger partial charge in [-0.25, -0.2) is 13.7 Å². The number of aromatic amines is 1. The van der Waals surface area contributed by atoms with Gasteiger partial charge in [0.25, 0.3) is 5.56 Å². The maximum atomic E-state index is 13.3. The van der Waals surface area contributed by atoms with Gasteiger partial charge in [-0.1, -0.05) is 0 Å². The number of aromatic nitrogens is 2. The van der Waals surface area contributed by atoms with Crippen molar-refractivity contribution in [1.29, 1.82) is 0 Å². The molecule has 6 atom stereocenters. The molecule has 0 aromatic rings. The third-order valence-electron chi connectivity index (χ3n) is 5.37. The summed E-state index contributed by atoms with van der Waals surface area (Å²) >= 11 is 0. The van der Waals surface area contributed by atoms with Crippen molar-refractivity contribution in [2.45, 2.75) is 44.4 Å². The van der Waals surface area contributed by atoms with Crippen molar-refractivity contribution in [3.05, 3.63) is 38.8 Å². The number of aliphatic hydroxyl groups is 2. The van der Waals surface area contributed by atoms with Gasteiger partial charge in [0.05, 0.1) is 12.2 Å². The van der Waals surface area contributed by atoms with E-state index in [0.717, 1.165) is 6.07 Å². The number of aliphatic hydroxyl groups excluding tert-OH is 2. The Balaban J connectivity index is 1.84. The van der Waals surface area contributed by atoms with Gasteiger partial charge in [0, 0.05) is 5.56 Å². The smallest absolute Gasteiger partial charge is 0.387 e. The Morgan fingerprint density at radius 1 is 1.03 bits per heavy atom. The second-order valence-electron chi connectivity index (χ2n) is 7.99. The molecule has 1 saturated heterocycles. The number of hydrogen-bond acceptors (Lipinski definition) is 11. The normalized spacial score (nSPS) is 25.9. The number of halogens is 3. The predicted octanol–water partition coefficient (Wildman–Crippen LogP) is 1.02. The molecule has 38 heavy (non-hydrogen) atoms. The van der Waals surface area contributed by atoms with Crippen LogP contribution in [-0.2, 0) is 37.8 Å². The fraction of sp³-hybridized carbons (Fsp3) is 0.500. The Bertz CT molecular complexity index is 1390. The molecule has 1 fully saturated rings. The van der Waals surface area contributed by atoms with Crippen LogP contribution in [0.3, 0.4) is 0 Å². The molecule has 7 N–H and O–H groups in total. The summed E-state index contributed by atoms with van der Waals surface area (Å²) < 4.78 is 90.6. The van der Waals surface area contributed by atoms with Crippen molar-refractivity contribution in [1.82, 2.24) is 9.97 Å². The minimum absolute atomic E-state index is 0.0621. The van der Waals surface area contributed by atoms with E-state index in [1.165, 1.54) is 13.8 Å². The lowest BCUT2D eigenvalue weighted by atomic mass is 9.96. The summed E-state index contributed by atoms with van der Waals surface area (Å²) in [7, 11) is -17.0. The molecule has 0 radical (unpaired) electrons. The molecule has 3 unspecified atom stereocenters. The van der Waals surface area contributed by atoms with Gasteiger partial charge in [-0.05, 0) is 31.0 Å². The summed E-state index contributed by atoms with van der Waals surface area (Å²) in [5.41, 5.74) is -2.68. The number of nitrogens with one attached hydrogen (secondary N) is 1. The number of phosphoric acid groups is 3. The largest absolute Gasteiger partial charge is 0.490 e. The number of nitrogens with zero attached hydrogens (tertiary/aromatic N) is 1. The predicted molar refractivity (Wildman–Crippen MR) is 115 cm³/mol. The Hall–Kier alpha value is -1.56. The van der Waals surface area contributed by atoms with Gasteiger partial charge in [0.2, 0.25) is 0 Å². The second kappa shape index (κ2) is 10.4. The van der Waals surface area contributed by atoms with Gasteiger partial charge >= 0.3 is 29.6 Å². The molecule has 0 aromatic heterocycles. The zero-order valence-corrected chi connectivity index (χ0v) is 21.6. The number of H-pyrrole nitrogens is 1. The number of fused-ring (bicyclic) bond motifs is 1. The highest BCUT2D eigenvalue weighted by molar-refractivity contribution is 7.66. The molecule has 0 bridgehead atoms. The maximum Gasteiger partial charge on any atom is 0.490 e. The van der Waals surface area contributed by atoms with Crippen LogP contribution in [0.1, 0.15) is 28.5 Å². The van der Waals surface area contributed by atoms with Crippen LogP contribution < -0.4 is 5.56 Å². The number of phosphoric ester groups is 1. The monoisotopic (exact) mass is 614 g/mol. The van der Waals surface area contributed by atoms with Gasteiger partial charge in [-0.2, -0.15) is 26.8 Å². The lowest BCUT2D eigenvalue weighted by Crippen LogP contribution is -2.33. The van der Waals surface area contributed by atoms with Crippen LogP contribution in [0.4, 0.5) is 13.2 Å². The SMILES string of the molecule is Cc1c2cc([C@@H]3O[C@H](COP(=O)(O)OP(=O)(O)OP(=O)(O)O)[C@H](O)C3O)c(=O)nc-2[nH]c(C(F)(F)F)c1C. The van der Waals surface area contributed by atoms with E-state index in [9.17, 15) is 46.8 Å². The summed E-state index contributed by atoms with van der Waals surface area (Å²) in [6, 6.07) is 1.09. The van der Waals surface area contributed by atoms with Crippen molar-refractivity contribution < 1.29 is 74.5 Å². The van der Waals surface area contributed by atoms with Crippen molar-refractivity contribution in [2.24, 2.45) is 0 Å². The molecule has 3 heterocycles. The van der Waals surface area contributed by atoms with Gasteiger partial charge in [-0.3, -0.25) is 9.32 Å². The van der Waals surface area contributed by atoms with E-state index in [4.69, 9.17) is 19.4 Å². The summed E-state index contributed by atoms with van der Waals surface area (Å²) in [6.07, 6.45) is -11.9. The first-order valence-corrected chi connectivity index (χ1v) is 14.6. The van der Waals surface area contributed by atoms with Crippen molar-refractivity contribution in [2.75, 3.05) is 6.61 Å². The maximum absolute atomic E-state index is 13.3. The first kappa shape index (κ1) is 31.0. The van der Waals surface area contributed by atoms with Gasteiger partial charge in [0.15, 0.2) is 0 Å². The van der Waals surface area contributed by atoms with Crippen molar-refractivity contribution in [3.63, 3.8) is 0 Å². The molecule has 0 aromatic carbocycles. The fourth-order valence-electron chi connectivity index (χ4n) is 3.60. The van der Waals surface area contributed by atoms with Crippen LogP contribution in [0, 0.1) is 13.8 Å². The minimum atomic E-state index is -5.81. The number of hydrogen-bond donors (Lipinski definition) is 7. The highest BCUT2D eigenvalue weighted by Crippen LogP contribution is 2.66. The minimum Gasteiger partial charge on any atom is -0.387 e. The first-order valence-electron chi connectivity index (χ1n) is 10.0. The van der Waals surface area contributed by atoms with E-state index in [1.807, 2.05) is 4.98 Å². The summed E-state index contributed by atoms with van der Waals surface area (Å²) in [6.45, 7) is 1.39. The molecule has 0 amide bonds. The topological polar surface area (TPSA) is 255 Å². The highest BCUT2D eigenvalue weighted by atomic mass is 31.3. The molecule has 3 aliphatic rings. The first-order chi connectivity index (χ1) is 17.1. The van der Waals surface area contributed by atoms with Crippen molar-refractivity contribution in [3.8, 4) is 11.4 Å². The van der Waals surface area contributed by atoms with Gasteiger partial charge in [-0.15, -0.1) is 0 Å². The van der Waals surface area contributed by atoms with E-state index in [-0.39, 0.29) is 22.3 Å². The lowest BCUT2D eigenvalue weighted by Gasteiger charge is -2.20. The van der Waals surface area contributed by atoms with E-state index in [0.29, 0.717) is 0 Å². The average molecular weight is 614 g/mol. The Labute approximate surface area is 209 Å². The van der Waals surface area contributed by atoms with E-state index in [2.05, 4.69) is 18.1 Å². The standard InChI is InChI=1S/C16H20F3N2O14P3/c1-5-6(2)13(16(17,18)19)20-14-7(5)3-8(15(24)21-14)12-11(23)10(22)9(33-12)4-32-37(28,29)35-38(30,31)34-36(25,26)27/h3,9-12,22-23H,4H2,1-2H3,(H,28,29)(H,30,31)(H,20,21,24)(H2,25,26,27)/t9-,10+,11?,12+/m1/s1. The highest BCUT2D eigenvalue weighted by Gasteiger charge is 2.47. The molecular formula is C16H20F3N2O14P3. The average Bonchev–Trinajstić information content (AvgIpc) is 2.99. The van der Waals surface area contributed by atoms with Crippen molar-refractivity contribution >= 4 is 23.5 Å². The number of alkyl halides is 3. The second-order valence-corrected chi connectivity index (χ2v) is 12.4. The molecule has 22 heteroatoms. The quantitative estimate of drug-likeness (QED) is 0.205. The zero-order valence-electron chi connectivity index (χ0n) is 19.0. The third-order valence-corrected chi connectivity index (χ3v) is 9.17. The number of rotatable bonds is 8. The van der Waals surface area contributed by atoms with Gasteiger partial charge in [0.1, 0.15) is 35.9 Å². The zero-order chi connectivity index (χ0) is 29.0. The van der Waals surface area contributed by atoms with Crippen LogP contribution in [0.15, 0.2) is 10.9 Å². The van der Waals surface area contributed by atoms with Crippen LogP contribution >= 0.6 is 23.5 Å². The lowest BCUT2D eigenvalue weighted by molar-refractivity contribution is -0.141. The van der Waals surface area contributed by atoms with Crippen LogP contribution in [0.2, 0.25) is 0 Å². The summed E-state index contributed by atoms with van der Waals surface area (Å²) in [4.78, 5) is 54.0. The molecule has 214 valence electrons. The fourth-order valence-corrected chi connectivity index (χ4v) is 6.63. The third kappa shape index (κ3) is 6.95. The molecule has 16 nitrogen and oxygen atoms in total. The van der Waals surface area contributed by atoms with Gasteiger partial charge < -0.3 is 39.5 Å². The molecule has 0 aliphatic carbocycles. The Kier molecular flexibility index (Phi) is 8.51. The van der Waals surface area contributed by atoms with E-state index >= 15 is 0 Å². The van der Waals surface area contributed by atoms with E-state index < -0.39 is 77.7 Å². The molecule has 0 spiro atoms. The Morgan fingerprint density at radius 2 is 1.63 bits per heavy atom. The molecular weight excluding hydrogens is 594 g/mol. The van der Waals surface area contributed by atoms with Crippen LogP contribution in [0.25, 0.3) is 11.4 Å². The summed E-state index contributed by atoms with van der Waals surface area (Å²) in [5.74, 6) is -0.411. The number of pyridine rings is 2. The Morgan fingerprint density at radius 3 is 2.18 bits per heavy atom. The van der Waals surface area contributed by atoms with Crippen LogP contribution in [-0.4, -0.2) is 64.7 Å².